The average molecular weight is 305 g/mol. The summed E-state index contributed by atoms with van der Waals surface area (Å²) in [5.41, 5.74) is 6.93. The Balaban J connectivity index is 2.20. The van der Waals surface area contributed by atoms with Gasteiger partial charge in [0.1, 0.15) is 6.33 Å². The summed E-state index contributed by atoms with van der Waals surface area (Å²) in [6.45, 7) is 3.65. The summed E-state index contributed by atoms with van der Waals surface area (Å²) in [6.07, 6.45) is 1.59. The van der Waals surface area contributed by atoms with Crippen molar-refractivity contribution >= 4 is 23.7 Å². The van der Waals surface area contributed by atoms with E-state index in [1.165, 1.54) is 11.8 Å². The predicted octanol–water partition coefficient (Wildman–Crippen LogP) is 1.25. The molecule has 8 heteroatoms. The molecule has 3 amide bonds. The van der Waals surface area contributed by atoms with Gasteiger partial charge in [0, 0.05) is 0 Å². The van der Waals surface area contributed by atoms with Crippen LogP contribution in [-0.2, 0) is 4.79 Å². The Hall–Kier alpha value is -2.35. The van der Waals surface area contributed by atoms with E-state index in [0.29, 0.717) is 5.16 Å². The van der Waals surface area contributed by atoms with Crippen LogP contribution in [0.2, 0.25) is 0 Å². The van der Waals surface area contributed by atoms with Crippen LogP contribution in [0.3, 0.4) is 0 Å². The van der Waals surface area contributed by atoms with Crippen LogP contribution in [0.15, 0.2) is 35.7 Å². The molecular weight excluding hydrogens is 290 g/mol. The number of benzene rings is 1. The second-order valence-electron chi connectivity index (χ2n) is 4.38. The SMILES string of the molecule is Cc1ccccc1-n1cnnc1SC(C)C(=O)NC(N)=O. The van der Waals surface area contributed by atoms with Gasteiger partial charge in [0.25, 0.3) is 0 Å². The van der Waals surface area contributed by atoms with Crippen LogP contribution in [0, 0.1) is 6.92 Å². The maximum absolute atomic E-state index is 11.7. The molecule has 0 radical (unpaired) electrons. The van der Waals surface area contributed by atoms with Crippen LogP contribution < -0.4 is 11.1 Å². The molecule has 0 aliphatic heterocycles. The van der Waals surface area contributed by atoms with E-state index < -0.39 is 17.2 Å². The molecular formula is C13H15N5O2S. The molecule has 1 atom stereocenters. The maximum Gasteiger partial charge on any atom is 0.318 e. The number of nitrogens with zero attached hydrogens (tertiary/aromatic N) is 3. The minimum Gasteiger partial charge on any atom is -0.351 e. The fourth-order valence-electron chi connectivity index (χ4n) is 1.74. The zero-order valence-corrected chi connectivity index (χ0v) is 12.4. The van der Waals surface area contributed by atoms with Gasteiger partial charge in [-0.2, -0.15) is 0 Å². The Morgan fingerprint density at radius 3 is 2.76 bits per heavy atom. The summed E-state index contributed by atoms with van der Waals surface area (Å²) in [5.74, 6) is -0.466. The number of carbonyl (C=O) groups excluding carboxylic acids is 2. The van der Waals surface area contributed by atoms with Gasteiger partial charge < -0.3 is 5.73 Å². The quantitative estimate of drug-likeness (QED) is 0.828. The fourth-order valence-corrected chi connectivity index (χ4v) is 2.57. The maximum atomic E-state index is 11.7. The first kappa shape index (κ1) is 15.0. The standard InChI is InChI=1S/C13H15N5O2S/c1-8-5-3-4-6-10(8)18-7-15-17-13(18)21-9(2)11(19)16-12(14)20/h3-7,9H,1-2H3,(H3,14,16,19,20). The first-order chi connectivity index (χ1) is 9.99. The van der Waals surface area contributed by atoms with Crippen LogP contribution in [0.5, 0.6) is 0 Å². The second-order valence-corrected chi connectivity index (χ2v) is 5.69. The largest absolute Gasteiger partial charge is 0.351 e. The van der Waals surface area contributed by atoms with Crippen LogP contribution in [0.1, 0.15) is 12.5 Å². The molecule has 0 fully saturated rings. The predicted molar refractivity (Wildman–Crippen MR) is 79.1 cm³/mol. The van der Waals surface area contributed by atoms with E-state index in [0.717, 1.165) is 11.3 Å². The number of hydrogen-bond donors (Lipinski definition) is 2. The molecule has 21 heavy (non-hydrogen) atoms. The first-order valence-corrected chi connectivity index (χ1v) is 7.10. The van der Waals surface area contributed by atoms with Gasteiger partial charge in [-0.1, -0.05) is 30.0 Å². The van der Waals surface area contributed by atoms with Crippen LogP contribution in [-0.4, -0.2) is 32.0 Å². The van der Waals surface area contributed by atoms with E-state index >= 15 is 0 Å². The Kier molecular flexibility index (Phi) is 4.59. The molecule has 1 heterocycles. The number of hydrogen-bond acceptors (Lipinski definition) is 5. The summed E-state index contributed by atoms with van der Waals surface area (Å²) in [7, 11) is 0. The number of nitrogens with two attached hydrogens (primary N) is 1. The van der Waals surface area contributed by atoms with Gasteiger partial charge in [-0.05, 0) is 25.5 Å². The lowest BCUT2D eigenvalue weighted by molar-refractivity contribution is -0.119. The van der Waals surface area contributed by atoms with Crippen molar-refractivity contribution in [2.24, 2.45) is 5.73 Å². The summed E-state index contributed by atoms with van der Waals surface area (Å²) in [6, 6.07) is 6.91. The number of aromatic nitrogens is 3. The summed E-state index contributed by atoms with van der Waals surface area (Å²) in [5, 5.41) is 9.99. The molecule has 0 aliphatic rings. The molecule has 7 nitrogen and oxygen atoms in total. The molecule has 0 saturated carbocycles. The molecule has 2 rings (SSSR count). The smallest absolute Gasteiger partial charge is 0.318 e. The van der Waals surface area contributed by atoms with E-state index in [2.05, 4.69) is 10.2 Å². The van der Waals surface area contributed by atoms with Crippen molar-refractivity contribution < 1.29 is 9.59 Å². The normalized spacial score (nSPS) is 11.9. The molecule has 3 N–H and O–H groups in total. The van der Waals surface area contributed by atoms with Crippen molar-refractivity contribution in [2.75, 3.05) is 0 Å². The first-order valence-electron chi connectivity index (χ1n) is 6.22. The van der Waals surface area contributed by atoms with Gasteiger partial charge in [0.2, 0.25) is 5.91 Å². The topological polar surface area (TPSA) is 103 Å². The Bertz CT molecular complexity index is 670. The van der Waals surface area contributed by atoms with E-state index in [1.807, 2.05) is 36.5 Å². The highest BCUT2D eigenvalue weighted by molar-refractivity contribution is 8.00. The van der Waals surface area contributed by atoms with Crippen LogP contribution >= 0.6 is 11.8 Å². The van der Waals surface area contributed by atoms with Gasteiger partial charge in [-0.3, -0.25) is 14.7 Å². The van der Waals surface area contributed by atoms with E-state index in [9.17, 15) is 9.59 Å². The number of primary amides is 1. The Morgan fingerprint density at radius 1 is 1.38 bits per heavy atom. The van der Waals surface area contributed by atoms with Crippen molar-refractivity contribution in [2.45, 2.75) is 24.3 Å². The van der Waals surface area contributed by atoms with Crippen LogP contribution in [0.4, 0.5) is 4.79 Å². The van der Waals surface area contributed by atoms with Crippen molar-refractivity contribution in [3.63, 3.8) is 0 Å². The zero-order valence-electron chi connectivity index (χ0n) is 11.6. The molecule has 0 aliphatic carbocycles. The minimum atomic E-state index is -0.868. The lowest BCUT2D eigenvalue weighted by Gasteiger charge is -2.12. The lowest BCUT2D eigenvalue weighted by Crippen LogP contribution is -2.39. The minimum absolute atomic E-state index is 0.466. The third kappa shape index (κ3) is 3.60. The molecule has 1 aromatic heterocycles. The number of urea groups is 1. The lowest BCUT2D eigenvalue weighted by atomic mass is 10.2. The summed E-state index contributed by atoms with van der Waals surface area (Å²) < 4.78 is 1.80. The van der Waals surface area contributed by atoms with Crippen LogP contribution in [0.25, 0.3) is 5.69 Å². The molecule has 1 aromatic carbocycles. The zero-order chi connectivity index (χ0) is 15.4. The molecule has 110 valence electrons. The number of imide groups is 1. The second kappa shape index (κ2) is 6.40. The van der Waals surface area contributed by atoms with Gasteiger partial charge >= 0.3 is 6.03 Å². The third-order valence-corrected chi connectivity index (χ3v) is 3.85. The highest BCUT2D eigenvalue weighted by Gasteiger charge is 2.19. The number of rotatable bonds is 4. The number of para-hydroxylation sites is 1. The van der Waals surface area contributed by atoms with Gasteiger partial charge in [0.05, 0.1) is 10.9 Å². The van der Waals surface area contributed by atoms with Gasteiger partial charge in [-0.15, -0.1) is 10.2 Å². The highest BCUT2D eigenvalue weighted by Crippen LogP contribution is 2.25. The summed E-state index contributed by atoms with van der Waals surface area (Å²) >= 11 is 1.20. The van der Waals surface area contributed by atoms with Gasteiger partial charge in [0.15, 0.2) is 5.16 Å². The van der Waals surface area contributed by atoms with Crippen molar-refractivity contribution in [1.29, 1.82) is 0 Å². The van der Waals surface area contributed by atoms with E-state index in [-0.39, 0.29) is 0 Å². The number of aryl methyl sites for hydroxylation is 1. The number of thioether (sulfide) groups is 1. The molecule has 1 unspecified atom stereocenters. The number of amides is 3. The van der Waals surface area contributed by atoms with E-state index in [1.54, 1.807) is 17.8 Å². The fraction of sp³-hybridized carbons (Fsp3) is 0.231. The molecule has 0 saturated heterocycles. The third-order valence-electron chi connectivity index (χ3n) is 2.79. The monoisotopic (exact) mass is 305 g/mol. The molecule has 0 bridgehead atoms. The number of nitrogens with one attached hydrogen (secondary N) is 1. The Labute approximate surface area is 125 Å². The van der Waals surface area contributed by atoms with Crippen molar-refractivity contribution in [3.05, 3.63) is 36.2 Å². The number of carbonyl (C=O) groups is 2. The van der Waals surface area contributed by atoms with E-state index in [4.69, 9.17) is 5.73 Å². The molecule has 0 spiro atoms. The molecule has 2 aromatic rings. The highest BCUT2D eigenvalue weighted by atomic mass is 32.2. The van der Waals surface area contributed by atoms with Gasteiger partial charge in [-0.25, -0.2) is 4.79 Å². The Morgan fingerprint density at radius 2 is 2.10 bits per heavy atom. The average Bonchev–Trinajstić information content (AvgIpc) is 2.86. The van der Waals surface area contributed by atoms with Crippen molar-refractivity contribution in [1.82, 2.24) is 20.1 Å². The summed E-state index contributed by atoms with van der Waals surface area (Å²) in [4.78, 5) is 22.4. The van der Waals surface area contributed by atoms with Crippen molar-refractivity contribution in [3.8, 4) is 5.69 Å².